The molecular weight excluding hydrogens is 301 g/mol. The fourth-order valence-electron chi connectivity index (χ4n) is 1.69. The van der Waals surface area contributed by atoms with E-state index in [1.165, 1.54) is 18.3 Å². The number of amides is 1. The number of carbonyl (C=O) groups is 1. The van der Waals surface area contributed by atoms with Gasteiger partial charge in [0.2, 0.25) is 5.76 Å². The van der Waals surface area contributed by atoms with Gasteiger partial charge in [0, 0.05) is 25.4 Å². The summed E-state index contributed by atoms with van der Waals surface area (Å²) in [5.74, 6) is -0.717. The Morgan fingerprint density at radius 3 is 2.77 bits per heavy atom. The van der Waals surface area contributed by atoms with Gasteiger partial charge in [0.05, 0.1) is 11.3 Å². The molecule has 2 heterocycles. The zero-order chi connectivity index (χ0) is 16.2. The van der Waals surface area contributed by atoms with Gasteiger partial charge in [0.1, 0.15) is 5.82 Å². The Morgan fingerprint density at radius 2 is 2.14 bits per heavy atom. The van der Waals surface area contributed by atoms with E-state index in [0.29, 0.717) is 5.69 Å². The minimum Gasteiger partial charge on any atom is -0.368 e. The van der Waals surface area contributed by atoms with Crippen LogP contribution in [0.4, 0.5) is 19.0 Å². The van der Waals surface area contributed by atoms with E-state index in [0.717, 1.165) is 6.07 Å². The fourth-order valence-corrected chi connectivity index (χ4v) is 1.69. The van der Waals surface area contributed by atoms with Crippen LogP contribution in [0.15, 0.2) is 28.9 Å². The zero-order valence-corrected chi connectivity index (χ0v) is 11.6. The van der Waals surface area contributed by atoms with Crippen LogP contribution in [0, 0.1) is 6.92 Å². The van der Waals surface area contributed by atoms with Gasteiger partial charge in [-0.3, -0.25) is 4.79 Å². The largest absolute Gasteiger partial charge is 0.419 e. The van der Waals surface area contributed by atoms with Crippen LogP contribution in [0.1, 0.15) is 21.8 Å². The molecular formula is C13H13F3N4O2. The first-order valence-electron chi connectivity index (χ1n) is 6.35. The van der Waals surface area contributed by atoms with Crippen LogP contribution in [-0.4, -0.2) is 29.1 Å². The molecule has 0 aliphatic carbocycles. The number of nitrogens with one attached hydrogen (secondary N) is 2. The van der Waals surface area contributed by atoms with Crippen molar-refractivity contribution in [3.05, 3.63) is 41.4 Å². The quantitative estimate of drug-likeness (QED) is 0.827. The van der Waals surface area contributed by atoms with Gasteiger partial charge in [-0.15, -0.1) is 0 Å². The van der Waals surface area contributed by atoms with Crippen molar-refractivity contribution in [3.63, 3.8) is 0 Å². The van der Waals surface area contributed by atoms with Gasteiger partial charge in [-0.2, -0.15) is 13.2 Å². The molecule has 0 aliphatic heterocycles. The number of aromatic nitrogens is 2. The number of alkyl halides is 3. The molecule has 2 N–H and O–H groups in total. The Morgan fingerprint density at radius 1 is 1.36 bits per heavy atom. The molecule has 1 amide bonds. The minimum atomic E-state index is -4.49. The number of hydrogen-bond donors (Lipinski definition) is 2. The predicted molar refractivity (Wildman–Crippen MR) is 71.3 cm³/mol. The first-order chi connectivity index (χ1) is 10.4. The Labute approximate surface area is 123 Å². The van der Waals surface area contributed by atoms with E-state index >= 15 is 0 Å². The molecule has 2 aromatic heterocycles. The maximum absolute atomic E-state index is 12.7. The summed E-state index contributed by atoms with van der Waals surface area (Å²) in [7, 11) is 0. The van der Waals surface area contributed by atoms with Crippen molar-refractivity contribution in [1.82, 2.24) is 15.5 Å². The van der Waals surface area contributed by atoms with E-state index in [4.69, 9.17) is 4.52 Å². The van der Waals surface area contributed by atoms with Gasteiger partial charge in [-0.25, -0.2) is 4.98 Å². The first kappa shape index (κ1) is 15.8. The van der Waals surface area contributed by atoms with Crippen molar-refractivity contribution in [3.8, 4) is 0 Å². The topological polar surface area (TPSA) is 80.0 Å². The summed E-state index contributed by atoms with van der Waals surface area (Å²) in [5.41, 5.74) is -0.293. The monoisotopic (exact) mass is 314 g/mol. The average Bonchev–Trinajstić information content (AvgIpc) is 2.89. The second kappa shape index (κ2) is 6.46. The molecule has 0 aliphatic rings. The third-order valence-corrected chi connectivity index (χ3v) is 2.67. The van der Waals surface area contributed by atoms with E-state index in [1.807, 2.05) is 0 Å². The van der Waals surface area contributed by atoms with Gasteiger partial charge in [-0.1, -0.05) is 5.16 Å². The minimum absolute atomic E-state index is 0.0475. The van der Waals surface area contributed by atoms with Crippen molar-refractivity contribution in [2.45, 2.75) is 13.1 Å². The Hall–Kier alpha value is -2.58. The van der Waals surface area contributed by atoms with E-state index in [9.17, 15) is 18.0 Å². The van der Waals surface area contributed by atoms with Gasteiger partial charge in [-0.05, 0) is 19.1 Å². The Kier molecular flexibility index (Phi) is 4.64. The van der Waals surface area contributed by atoms with Crippen LogP contribution in [0.5, 0.6) is 0 Å². The second-order valence-electron chi connectivity index (χ2n) is 4.41. The summed E-state index contributed by atoms with van der Waals surface area (Å²) >= 11 is 0. The van der Waals surface area contributed by atoms with Crippen LogP contribution in [0.25, 0.3) is 0 Å². The number of halogens is 3. The number of carbonyl (C=O) groups excluding carboxylic acids is 1. The highest BCUT2D eigenvalue weighted by atomic mass is 19.4. The van der Waals surface area contributed by atoms with Crippen molar-refractivity contribution >= 4 is 11.7 Å². The van der Waals surface area contributed by atoms with E-state index in [-0.39, 0.29) is 24.7 Å². The normalized spacial score (nSPS) is 11.3. The van der Waals surface area contributed by atoms with E-state index in [1.54, 1.807) is 6.92 Å². The SMILES string of the molecule is Cc1cc(C(=O)NCCNc2ncccc2C(F)(F)F)on1. The van der Waals surface area contributed by atoms with Crippen molar-refractivity contribution in [1.29, 1.82) is 0 Å². The fraction of sp³-hybridized carbons (Fsp3) is 0.308. The van der Waals surface area contributed by atoms with Gasteiger partial charge >= 0.3 is 6.18 Å². The molecule has 0 spiro atoms. The van der Waals surface area contributed by atoms with Crippen molar-refractivity contribution in [2.24, 2.45) is 0 Å². The summed E-state index contributed by atoms with van der Waals surface area (Å²) in [4.78, 5) is 15.3. The Balaban J connectivity index is 1.86. The highest BCUT2D eigenvalue weighted by Gasteiger charge is 2.33. The summed E-state index contributed by atoms with van der Waals surface area (Å²) in [6.45, 7) is 1.85. The van der Waals surface area contributed by atoms with Gasteiger partial charge < -0.3 is 15.2 Å². The molecule has 2 aromatic rings. The third-order valence-electron chi connectivity index (χ3n) is 2.67. The highest BCUT2D eigenvalue weighted by molar-refractivity contribution is 5.91. The second-order valence-corrected chi connectivity index (χ2v) is 4.41. The van der Waals surface area contributed by atoms with Crippen LogP contribution >= 0.6 is 0 Å². The molecule has 0 saturated heterocycles. The number of pyridine rings is 1. The molecule has 0 radical (unpaired) electrons. The molecule has 0 bridgehead atoms. The lowest BCUT2D eigenvalue weighted by Crippen LogP contribution is -2.29. The van der Waals surface area contributed by atoms with Crippen LogP contribution in [0.3, 0.4) is 0 Å². The lowest BCUT2D eigenvalue weighted by molar-refractivity contribution is -0.137. The molecule has 22 heavy (non-hydrogen) atoms. The van der Waals surface area contributed by atoms with Gasteiger partial charge in [0.15, 0.2) is 0 Å². The highest BCUT2D eigenvalue weighted by Crippen LogP contribution is 2.33. The summed E-state index contributed by atoms with van der Waals surface area (Å²) in [5, 5.41) is 8.60. The number of aryl methyl sites for hydroxylation is 1. The molecule has 9 heteroatoms. The maximum Gasteiger partial charge on any atom is 0.419 e. The molecule has 6 nitrogen and oxygen atoms in total. The molecule has 0 atom stereocenters. The number of anilines is 1. The van der Waals surface area contributed by atoms with Crippen LogP contribution in [0.2, 0.25) is 0 Å². The van der Waals surface area contributed by atoms with Crippen molar-refractivity contribution < 1.29 is 22.5 Å². The number of nitrogens with zero attached hydrogens (tertiary/aromatic N) is 2. The molecule has 2 rings (SSSR count). The maximum atomic E-state index is 12.7. The predicted octanol–water partition coefficient (Wildman–Crippen LogP) is 2.24. The third kappa shape index (κ3) is 3.96. The summed E-state index contributed by atoms with van der Waals surface area (Å²) in [6.07, 6.45) is -3.23. The van der Waals surface area contributed by atoms with Crippen LogP contribution < -0.4 is 10.6 Å². The smallest absolute Gasteiger partial charge is 0.368 e. The van der Waals surface area contributed by atoms with Crippen LogP contribution in [-0.2, 0) is 6.18 Å². The summed E-state index contributed by atoms with van der Waals surface area (Å²) < 4.78 is 43.0. The standard InChI is InChI=1S/C13H13F3N4O2/c1-8-7-10(22-20-8)12(21)19-6-5-18-11-9(13(14,15)16)3-2-4-17-11/h2-4,7H,5-6H2,1H3,(H,17,18)(H,19,21). The molecule has 0 saturated carbocycles. The zero-order valence-electron chi connectivity index (χ0n) is 11.6. The van der Waals surface area contributed by atoms with E-state index in [2.05, 4.69) is 20.8 Å². The molecule has 0 unspecified atom stereocenters. The average molecular weight is 314 g/mol. The first-order valence-corrected chi connectivity index (χ1v) is 6.35. The lowest BCUT2D eigenvalue weighted by Gasteiger charge is -2.13. The molecule has 0 fully saturated rings. The lowest BCUT2D eigenvalue weighted by atomic mass is 10.2. The van der Waals surface area contributed by atoms with Gasteiger partial charge in [0.25, 0.3) is 5.91 Å². The van der Waals surface area contributed by atoms with E-state index < -0.39 is 17.6 Å². The van der Waals surface area contributed by atoms with Crippen molar-refractivity contribution in [2.75, 3.05) is 18.4 Å². The molecule has 0 aromatic carbocycles. The number of hydrogen-bond acceptors (Lipinski definition) is 5. The number of rotatable bonds is 5. The molecule has 118 valence electrons. The Bertz CT molecular complexity index is 655. The summed E-state index contributed by atoms with van der Waals surface area (Å²) in [6, 6.07) is 3.61.